The summed E-state index contributed by atoms with van der Waals surface area (Å²) in [7, 11) is 1.64. The second-order valence-electron chi connectivity index (χ2n) is 5.45. The van der Waals surface area contributed by atoms with Crippen molar-refractivity contribution in [3.8, 4) is 5.88 Å². The number of aromatic amines is 1. The second-order valence-corrected chi connectivity index (χ2v) is 5.45. The number of H-pyrrole nitrogens is 1. The first-order chi connectivity index (χ1) is 9.02. The van der Waals surface area contributed by atoms with Gasteiger partial charge in [-0.2, -0.15) is 4.98 Å². The van der Waals surface area contributed by atoms with Crippen molar-refractivity contribution in [3.63, 3.8) is 0 Å². The molecule has 1 aliphatic rings. The van der Waals surface area contributed by atoms with Crippen LogP contribution in [-0.2, 0) is 16.8 Å². The summed E-state index contributed by atoms with van der Waals surface area (Å²) in [5.41, 5.74) is -0.491. The third-order valence-corrected chi connectivity index (χ3v) is 4.25. The van der Waals surface area contributed by atoms with E-state index in [2.05, 4.69) is 16.9 Å². The molecular formula is C14H22N2O3. The van der Waals surface area contributed by atoms with Crippen LogP contribution < -0.4 is 5.56 Å². The fourth-order valence-corrected chi connectivity index (χ4v) is 2.79. The molecule has 106 valence electrons. The van der Waals surface area contributed by atoms with Crippen molar-refractivity contribution in [1.29, 1.82) is 0 Å². The molecule has 0 radical (unpaired) electrons. The highest BCUT2D eigenvalue weighted by atomic mass is 16.5. The summed E-state index contributed by atoms with van der Waals surface area (Å²) in [5, 5.41) is 9.88. The normalized spacial score (nSPS) is 27.4. The summed E-state index contributed by atoms with van der Waals surface area (Å²) in [6.45, 7) is 4.04. The van der Waals surface area contributed by atoms with Crippen LogP contribution in [0.25, 0.3) is 0 Å². The van der Waals surface area contributed by atoms with E-state index in [1.54, 1.807) is 7.11 Å². The first-order valence-electron chi connectivity index (χ1n) is 6.90. The third kappa shape index (κ3) is 2.52. The average molecular weight is 266 g/mol. The molecule has 0 bridgehead atoms. The molecule has 1 aromatic rings. The Morgan fingerprint density at radius 2 is 2.11 bits per heavy atom. The Labute approximate surface area is 113 Å². The number of rotatable bonds is 3. The minimum absolute atomic E-state index is 0.170. The summed E-state index contributed by atoms with van der Waals surface area (Å²) in [6.07, 6.45) is 4.17. The first kappa shape index (κ1) is 14.1. The molecule has 0 aromatic carbocycles. The van der Waals surface area contributed by atoms with Crippen LogP contribution in [-0.4, -0.2) is 22.2 Å². The van der Waals surface area contributed by atoms with Crippen LogP contribution in [0.5, 0.6) is 5.88 Å². The molecule has 1 saturated carbocycles. The van der Waals surface area contributed by atoms with Crippen LogP contribution >= 0.6 is 0 Å². The van der Waals surface area contributed by atoms with E-state index in [1.807, 2.05) is 6.92 Å². The molecular weight excluding hydrogens is 244 g/mol. The zero-order chi connectivity index (χ0) is 14.0. The fraction of sp³-hybridized carbons (Fsp3) is 0.714. The van der Waals surface area contributed by atoms with Gasteiger partial charge < -0.3 is 14.8 Å². The Morgan fingerprint density at radius 1 is 1.47 bits per heavy atom. The van der Waals surface area contributed by atoms with Crippen LogP contribution in [0.2, 0.25) is 0 Å². The number of aromatic hydroxyl groups is 1. The molecule has 19 heavy (non-hydrogen) atoms. The van der Waals surface area contributed by atoms with Gasteiger partial charge in [0.1, 0.15) is 11.4 Å². The van der Waals surface area contributed by atoms with Crippen LogP contribution in [0.3, 0.4) is 0 Å². The number of nitrogens with one attached hydrogen (secondary N) is 1. The smallest absolute Gasteiger partial charge is 0.258 e. The Morgan fingerprint density at radius 3 is 2.58 bits per heavy atom. The van der Waals surface area contributed by atoms with Gasteiger partial charge in [-0.3, -0.25) is 4.79 Å². The number of methoxy groups -OCH3 is 1. The number of hydrogen-bond donors (Lipinski definition) is 2. The summed E-state index contributed by atoms with van der Waals surface area (Å²) in [5.74, 6) is 0.955. The number of hydrogen-bond acceptors (Lipinski definition) is 4. The van der Waals surface area contributed by atoms with Gasteiger partial charge in [0.15, 0.2) is 0 Å². The monoisotopic (exact) mass is 266 g/mol. The Kier molecular flexibility index (Phi) is 3.94. The van der Waals surface area contributed by atoms with Gasteiger partial charge >= 0.3 is 0 Å². The van der Waals surface area contributed by atoms with Gasteiger partial charge in [0.25, 0.3) is 5.56 Å². The molecule has 0 saturated heterocycles. The van der Waals surface area contributed by atoms with Gasteiger partial charge in [-0.05, 0) is 38.0 Å². The van der Waals surface area contributed by atoms with Gasteiger partial charge in [-0.25, -0.2) is 0 Å². The minimum atomic E-state index is -0.560. The largest absolute Gasteiger partial charge is 0.493 e. The Bertz CT molecular complexity index is 502. The molecule has 2 rings (SSSR count). The van der Waals surface area contributed by atoms with E-state index in [4.69, 9.17) is 4.74 Å². The molecule has 2 N–H and O–H groups in total. The van der Waals surface area contributed by atoms with E-state index in [0.29, 0.717) is 23.7 Å². The molecule has 0 spiro atoms. The average Bonchev–Trinajstić information content (AvgIpc) is 2.39. The van der Waals surface area contributed by atoms with Crippen LogP contribution in [0, 0.1) is 5.92 Å². The van der Waals surface area contributed by atoms with E-state index in [0.717, 1.165) is 25.7 Å². The fourth-order valence-electron chi connectivity index (χ4n) is 2.79. The van der Waals surface area contributed by atoms with Crippen molar-refractivity contribution < 1.29 is 9.84 Å². The minimum Gasteiger partial charge on any atom is -0.493 e. The lowest BCUT2D eigenvalue weighted by atomic mass is 9.79. The third-order valence-electron chi connectivity index (χ3n) is 4.25. The molecule has 1 fully saturated rings. The molecule has 1 aliphatic carbocycles. The maximum absolute atomic E-state index is 11.9. The Hall–Kier alpha value is -1.36. The van der Waals surface area contributed by atoms with Crippen molar-refractivity contribution in [2.24, 2.45) is 5.92 Å². The van der Waals surface area contributed by atoms with Gasteiger partial charge in [0, 0.05) is 7.11 Å². The summed E-state index contributed by atoms with van der Waals surface area (Å²) < 4.78 is 5.65. The van der Waals surface area contributed by atoms with Crippen molar-refractivity contribution in [2.75, 3.05) is 7.11 Å². The highest BCUT2D eigenvalue weighted by molar-refractivity contribution is 5.24. The topological polar surface area (TPSA) is 75.2 Å². The first-order valence-corrected chi connectivity index (χ1v) is 6.90. The van der Waals surface area contributed by atoms with Crippen LogP contribution in [0.15, 0.2) is 4.79 Å². The van der Waals surface area contributed by atoms with Crippen molar-refractivity contribution in [2.45, 2.75) is 51.6 Å². The van der Waals surface area contributed by atoms with Gasteiger partial charge in [0.2, 0.25) is 5.88 Å². The molecule has 1 heterocycles. The zero-order valence-electron chi connectivity index (χ0n) is 11.8. The van der Waals surface area contributed by atoms with Crippen molar-refractivity contribution >= 4 is 0 Å². The Balaban J connectivity index is 2.42. The van der Waals surface area contributed by atoms with E-state index >= 15 is 0 Å². The molecule has 5 heteroatoms. The van der Waals surface area contributed by atoms with Gasteiger partial charge in [0.05, 0.1) is 5.56 Å². The van der Waals surface area contributed by atoms with E-state index in [-0.39, 0.29) is 11.4 Å². The molecule has 0 atom stereocenters. The van der Waals surface area contributed by atoms with Gasteiger partial charge in [-0.15, -0.1) is 0 Å². The predicted molar refractivity (Wildman–Crippen MR) is 72.2 cm³/mol. The SMILES string of the molecule is CCc1c(O)nc(C2(OC)CCC(C)CC2)[nH]c1=O. The molecule has 0 amide bonds. The molecule has 1 aromatic heterocycles. The van der Waals surface area contributed by atoms with E-state index < -0.39 is 5.60 Å². The van der Waals surface area contributed by atoms with Crippen molar-refractivity contribution in [3.05, 3.63) is 21.7 Å². The molecule has 5 nitrogen and oxygen atoms in total. The maximum atomic E-state index is 11.9. The maximum Gasteiger partial charge on any atom is 0.258 e. The van der Waals surface area contributed by atoms with Gasteiger partial charge in [-0.1, -0.05) is 13.8 Å². The van der Waals surface area contributed by atoms with Crippen molar-refractivity contribution in [1.82, 2.24) is 9.97 Å². The highest BCUT2D eigenvalue weighted by Gasteiger charge is 2.38. The number of aromatic nitrogens is 2. The lowest BCUT2D eigenvalue weighted by Gasteiger charge is -2.37. The lowest BCUT2D eigenvalue weighted by molar-refractivity contribution is -0.0602. The second kappa shape index (κ2) is 5.33. The lowest BCUT2D eigenvalue weighted by Crippen LogP contribution is -2.37. The van der Waals surface area contributed by atoms with E-state index in [9.17, 15) is 9.90 Å². The highest BCUT2D eigenvalue weighted by Crippen LogP contribution is 2.40. The quantitative estimate of drug-likeness (QED) is 0.878. The number of nitrogens with zero attached hydrogens (tertiary/aromatic N) is 1. The number of ether oxygens (including phenoxy) is 1. The summed E-state index contributed by atoms with van der Waals surface area (Å²) in [6, 6.07) is 0. The molecule has 0 aliphatic heterocycles. The van der Waals surface area contributed by atoms with Crippen LogP contribution in [0.1, 0.15) is 50.9 Å². The van der Waals surface area contributed by atoms with Crippen LogP contribution in [0.4, 0.5) is 0 Å². The molecule has 0 unspecified atom stereocenters. The summed E-state index contributed by atoms with van der Waals surface area (Å²) >= 11 is 0. The summed E-state index contributed by atoms with van der Waals surface area (Å²) in [4.78, 5) is 18.9. The van der Waals surface area contributed by atoms with E-state index in [1.165, 1.54) is 0 Å². The standard InChI is InChI=1S/C14H22N2O3/c1-4-10-11(17)15-13(16-12(10)18)14(19-3)7-5-9(2)6-8-14/h9H,4-8H2,1-3H3,(H2,15,16,17,18). The predicted octanol–water partition coefficient (Wildman–Crippen LogP) is 2.09. The zero-order valence-corrected chi connectivity index (χ0v) is 11.8.